The standard InChI is InChI=1S/C17H19ClN2O2/c1-3-11(2)10-19-16(21)14-8-9-15(20-17(14)22)12-4-6-13(18)7-5-12/h4-9,11H,3,10H2,1-2H3,(H,19,21)(H,20,22)/t11-/m0/s1. The van der Waals surface area contributed by atoms with Crippen LogP contribution in [0.5, 0.6) is 0 Å². The lowest BCUT2D eigenvalue weighted by atomic mass is 10.1. The van der Waals surface area contributed by atoms with Gasteiger partial charge in [-0.25, -0.2) is 0 Å². The van der Waals surface area contributed by atoms with Gasteiger partial charge < -0.3 is 10.3 Å². The highest BCUT2D eigenvalue weighted by Crippen LogP contribution is 2.18. The minimum absolute atomic E-state index is 0.126. The summed E-state index contributed by atoms with van der Waals surface area (Å²) in [6.45, 7) is 4.67. The van der Waals surface area contributed by atoms with Gasteiger partial charge in [0.2, 0.25) is 0 Å². The zero-order valence-corrected chi connectivity index (χ0v) is 13.4. The number of aromatic nitrogens is 1. The second-order valence-electron chi connectivity index (χ2n) is 5.35. The van der Waals surface area contributed by atoms with Gasteiger partial charge >= 0.3 is 0 Å². The zero-order chi connectivity index (χ0) is 16.1. The van der Waals surface area contributed by atoms with Crippen molar-refractivity contribution in [3.05, 3.63) is 57.3 Å². The van der Waals surface area contributed by atoms with E-state index >= 15 is 0 Å². The molecule has 0 aliphatic heterocycles. The average molecular weight is 319 g/mol. The third kappa shape index (κ3) is 3.98. The first-order valence-corrected chi connectivity index (χ1v) is 7.66. The molecule has 1 aromatic carbocycles. The number of aromatic amines is 1. The number of carbonyl (C=O) groups is 1. The summed E-state index contributed by atoms with van der Waals surface area (Å²) in [5.74, 6) is 0.0422. The number of hydrogen-bond donors (Lipinski definition) is 2. The average Bonchev–Trinajstić information content (AvgIpc) is 2.52. The van der Waals surface area contributed by atoms with E-state index in [1.54, 1.807) is 24.3 Å². The maximum absolute atomic E-state index is 12.1. The van der Waals surface area contributed by atoms with Crippen molar-refractivity contribution >= 4 is 17.5 Å². The number of benzene rings is 1. The predicted molar refractivity (Wildman–Crippen MR) is 89.3 cm³/mol. The Hall–Kier alpha value is -2.07. The van der Waals surface area contributed by atoms with Crippen molar-refractivity contribution in [3.63, 3.8) is 0 Å². The van der Waals surface area contributed by atoms with Crippen LogP contribution >= 0.6 is 11.6 Å². The maximum atomic E-state index is 12.1. The number of hydrogen-bond acceptors (Lipinski definition) is 2. The molecule has 1 heterocycles. The molecule has 2 rings (SSSR count). The van der Waals surface area contributed by atoms with Gasteiger partial charge in [0.1, 0.15) is 5.56 Å². The fourth-order valence-corrected chi connectivity index (χ4v) is 2.08. The molecule has 4 nitrogen and oxygen atoms in total. The zero-order valence-electron chi connectivity index (χ0n) is 12.7. The number of carbonyl (C=O) groups excluding carboxylic acids is 1. The fraction of sp³-hybridized carbons (Fsp3) is 0.294. The fourth-order valence-electron chi connectivity index (χ4n) is 1.96. The van der Waals surface area contributed by atoms with Gasteiger partial charge in [0.15, 0.2) is 0 Å². The van der Waals surface area contributed by atoms with Crippen LogP contribution < -0.4 is 10.9 Å². The summed E-state index contributed by atoms with van der Waals surface area (Å²) in [4.78, 5) is 26.9. The summed E-state index contributed by atoms with van der Waals surface area (Å²) < 4.78 is 0. The molecule has 2 aromatic rings. The first-order chi connectivity index (χ1) is 10.5. The van der Waals surface area contributed by atoms with E-state index in [4.69, 9.17) is 11.6 Å². The number of halogens is 1. The summed E-state index contributed by atoms with van der Waals surface area (Å²) in [5, 5.41) is 3.41. The van der Waals surface area contributed by atoms with Gasteiger partial charge in [-0.3, -0.25) is 9.59 Å². The van der Waals surface area contributed by atoms with E-state index in [0.717, 1.165) is 12.0 Å². The highest BCUT2D eigenvalue weighted by atomic mass is 35.5. The largest absolute Gasteiger partial charge is 0.352 e. The third-order valence-electron chi connectivity index (χ3n) is 3.62. The number of pyridine rings is 1. The van der Waals surface area contributed by atoms with E-state index in [2.05, 4.69) is 17.2 Å². The van der Waals surface area contributed by atoms with E-state index in [1.165, 1.54) is 0 Å². The molecule has 1 atom stereocenters. The van der Waals surface area contributed by atoms with Crippen LogP contribution in [-0.4, -0.2) is 17.4 Å². The van der Waals surface area contributed by atoms with Crippen molar-refractivity contribution in [2.45, 2.75) is 20.3 Å². The van der Waals surface area contributed by atoms with Crippen molar-refractivity contribution in [3.8, 4) is 11.3 Å². The number of rotatable bonds is 5. The van der Waals surface area contributed by atoms with Crippen LogP contribution in [0, 0.1) is 5.92 Å². The van der Waals surface area contributed by atoms with Crippen LogP contribution in [0.15, 0.2) is 41.2 Å². The van der Waals surface area contributed by atoms with E-state index in [9.17, 15) is 9.59 Å². The Balaban J connectivity index is 2.17. The molecule has 0 bridgehead atoms. The number of amides is 1. The van der Waals surface area contributed by atoms with Gasteiger partial charge in [0.05, 0.1) is 0 Å². The molecule has 0 radical (unpaired) electrons. The number of H-pyrrole nitrogens is 1. The SMILES string of the molecule is CC[C@H](C)CNC(=O)c1ccc(-c2ccc(Cl)cc2)[nH]c1=O. The first kappa shape index (κ1) is 16.3. The normalized spacial score (nSPS) is 12.0. The minimum atomic E-state index is -0.394. The molecule has 2 N–H and O–H groups in total. The lowest BCUT2D eigenvalue weighted by molar-refractivity contribution is 0.0946. The summed E-state index contributed by atoms with van der Waals surface area (Å²) in [6.07, 6.45) is 0.978. The van der Waals surface area contributed by atoms with Crippen molar-refractivity contribution in [2.75, 3.05) is 6.54 Å². The van der Waals surface area contributed by atoms with Crippen molar-refractivity contribution in [1.29, 1.82) is 0 Å². The highest BCUT2D eigenvalue weighted by molar-refractivity contribution is 6.30. The van der Waals surface area contributed by atoms with Gasteiger partial charge in [-0.05, 0) is 35.7 Å². The predicted octanol–water partition coefficient (Wildman–Crippen LogP) is 3.47. The van der Waals surface area contributed by atoms with Crippen LogP contribution in [0.25, 0.3) is 11.3 Å². The van der Waals surface area contributed by atoms with Gasteiger partial charge in [-0.15, -0.1) is 0 Å². The molecule has 5 heteroatoms. The lowest BCUT2D eigenvalue weighted by Crippen LogP contribution is -2.32. The number of nitrogens with one attached hydrogen (secondary N) is 2. The van der Waals surface area contributed by atoms with Gasteiger partial charge in [-0.1, -0.05) is 44.0 Å². The van der Waals surface area contributed by atoms with Crippen molar-refractivity contribution < 1.29 is 4.79 Å². The molecule has 1 aromatic heterocycles. The van der Waals surface area contributed by atoms with E-state index in [-0.39, 0.29) is 11.5 Å². The molecular formula is C17H19ClN2O2. The van der Waals surface area contributed by atoms with Crippen LogP contribution in [-0.2, 0) is 0 Å². The summed E-state index contributed by atoms with van der Waals surface area (Å²) >= 11 is 5.84. The van der Waals surface area contributed by atoms with Gasteiger partial charge in [0, 0.05) is 17.3 Å². The Bertz CT molecular complexity index is 707. The molecule has 0 aliphatic carbocycles. The molecule has 22 heavy (non-hydrogen) atoms. The van der Waals surface area contributed by atoms with E-state index < -0.39 is 5.56 Å². The maximum Gasteiger partial charge on any atom is 0.261 e. The third-order valence-corrected chi connectivity index (χ3v) is 3.87. The molecule has 0 spiro atoms. The Morgan fingerprint density at radius 3 is 2.50 bits per heavy atom. The second-order valence-corrected chi connectivity index (χ2v) is 5.78. The molecular weight excluding hydrogens is 300 g/mol. The molecule has 0 fully saturated rings. The molecule has 116 valence electrons. The van der Waals surface area contributed by atoms with Crippen LogP contribution in [0.2, 0.25) is 5.02 Å². The minimum Gasteiger partial charge on any atom is -0.352 e. The first-order valence-electron chi connectivity index (χ1n) is 7.28. The van der Waals surface area contributed by atoms with E-state index in [1.807, 2.05) is 19.1 Å². The summed E-state index contributed by atoms with van der Waals surface area (Å²) in [7, 11) is 0. The lowest BCUT2D eigenvalue weighted by Gasteiger charge is -2.10. The van der Waals surface area contributed by atoms with Crippen molar-refractivity contribution in [1.82, 2.24) is 10.3 Å². The van der Waals surface area contributed by atoms with E-state index in [0.29, 0.717) is 23.2 Å². The van der Waals surface area contributed by atoms with Gasteiger partial charge in [-0.2, -0.15) is 0 Å². The van der Waals surface area contributed by atoms with Crippen LogP contribution in [0.1, 0.15) is 30.6 Å². The quantitative estimate of drug-likeness (QED) is 0.886. The molecule has 0 saturated heterocycles. The smallest absolute Gasteiger partial charge is 0.261 e. The summed E-state index contributed by atoms with van der Waals surface area (Å²) in [5.41, 5.74) is 1.23. The second kappa shape index (κ2) is 7.27. The molecule has 0 unspecified atom stereocenters. The molecule has 1 amide bonds. The van der Waals surface area contributed by atoms with Crippen molar-refractivity contribution in [2.24, 2.45) is 5.92 Å². The molecule has 0 saturated carbocycles. The highest BCUT2D eigenvalue weighted by Gasteiger charge is 2.12. The Morgan fingerprint density at radius 2 is 1.91 bits per heavy atom. The topological polar surface area (TPSA) is 62.0 Å². The monoisotopic (exact) mass is 318 g/mol. The Kier molecular flexibility index (Phi) is 5.39. The Labute approximate surface area is 134 Å². The summed E-state index contributed by atoms with van der Waals surface area (Å²) in [6, 6.07) is 10.4. The van der Waals surface area contributed by atoms with Gasteiger partial charge in [0.25, 0.3) is 11.5 Å². The Morgan fingerprint density at radius 1 is 1.23 bits per heavy atom. The van der Waals surface area contributed by atoms with Crippen LogP contribution in [0.3, 0.4) is 0 Å². The van der Waals surface area contributed by atoms with Crippen LogP contribution in [0.4, 0.5) is 0 Å². The molecule has 0 aliphatic rings.